The van der Waals surface area contributed by atoms with E-state index in [9.17, 15) is 0 Å². The lowest BCUT2D eigenvalue weighted by molar-refractivity contribution is 0.669. The fraction of sp³-hybridized carbons (Fsp3) is 0. The van der Waals surface area contributed by atoms with E-state index in [1.54, 1.807) is 11.3 Å². The Hall–Kier alpha value is -5.45. The molecule has 0 radical (unpaired) electrons. The standard InChI is InChI=1S/C39H24N2OS/c1-2-12-25(13-3-1)41(26-22-23-36-33(24-26)29-16-9-11-21-35(29)42-36)34-20-10-8-19-32(34)39-40-37-30-17-6-4-14-27(30)28-15-5-7-18-31(28)38(37)43-39/h1-24H. The maximum Gasteiger partial charge on any atom is 0.135 e. The van der Waals surface area contributed by atoms with Crippen LogP contribution in [0.5, 0.6) is 0 Å². The smallest absolute Gasteiger partial charge is 0.135 e. The molecular weight excluding hydrogens is 545 g/mol. The van der Waals surface area contributed by atoms with Gasteiger partial charge in [-0.25, -0.2) is 4.98 Å². The molecule has 0 saturated carbocycles. The number of hydrogen-bond acceptors (Lipinski definition) is 4. The van der Waals surface area contributed by atoms with E-state index in [0.29, 0.717) is 0 Å². The Morgan fingerprint density at radius 1 is 0.488 bits per heavy atom. The Morgan fingerprint density at radius 2 is 1.12 bits per heavy atom. The van der Waals surface area contributed by atoms with Gasteiger partial charge >= 0.3 is 0 Å². The molecule has 2 aromatic heterocycles. The number of furan rings is 1. The molecule has 4 heteroatoms. The molecule has 0 spiro atoms. The topological polar surface area (TPSA) is 29.3 Å². The Balaban J connectivity index is 1.30. The zero-order valence-corrected chi connectivity index (χ0v) is 23.9. The molecule has 43 heavy (non-hydrogen) atoms. The van der Waals surface area contributed by atoms with Crippen molar-refractivity contribution in [3.8, 4) is 10.6 Å². The zero-order valence-electron chi connectivity index (χ0n) is 23.1. The van der Waals surface area contributed by atoms with Gasteiger partial charge < -0.3 is 9.32 Å². The van der Waals surface area contributed by atoms with Crippen molar-refractivity contribution < 1.29 is 4.42 Å². The van der Waals surface area contributed by atoms with Gasteiger partial charge in [0.25, 0.3) is 0 Å². The van der Waals surface area contributed by atoms with Crippen LogP contribution in [0.25, 0.3) is 64.3 Å². The van der Waals surface area contributed by atoms with Crippen molar-refractivity contribution in [2.24, 2.45) is 0 Å². The van der Waals surface area contributed by atoms with E-state index in [4.69, 9.17) is 9.40 Å². The number of nitrogens with zero attached hydrogens (tertiary/aromatic N) is 2. The molecule has 9 rings (SSSR count). The molecule has 0 fully saturated rings. The Labute approximate surface area is 251 Å². The van der Waals surface area contributed by atoms with Crippen molar-refractivity contribution in [3.05, 3.63) is 146 Å². The summed E-state index contributed by atoms with van der Waals surface area (Å²) in [6.45, 7) is 0. The first-order chi connectivity index (χ1) is 21.3. The molecule has 0 N–H and O–H groups in total. The Morgan fingerprint density at radius 3 is 1.95 bits per heavy atom. The minimum absolute atomic E-state index is 0.885. The molecule has 0 unspecified atom stereocenters. The molecule has 0 aliphatic heterocycles. The van der Waals surface area contributed by atoms with Crippen molar-refractivity contribution in [1.82, 2.24) is 4.98 Å². The molecule has 0 aliphatic carbocycles. The average Bonchev–Trinajstić information content (AvgIpc) is 3.68. The maximum absolute atomic E-state index is 6.17. The number of anilines is 3. The van der Waals surface area contributed by atoms with E-state index in [1.165, 1.54) is 26.2 Å². The summed E-state index contributed by atoms with van der Waals surface area (Å²) < 4.78 is 7.39. The summed E-state index contributed by atoms with van der Waals surface area (Å²) in [7, 11) is 0. The summed E-state index contributed by atoms with van der Waals surface area (Å²) >= 11 is 1.77. The molecular formula is C39H24N2OS. The predicted octanol–water partition coefficient (Wildman–Crippen LogP) is 11.6. The largest absolute Gasteiger partial charge is 0.456 e. The second kappa shape index (κ2) is 9.55. The quantitative estimate of drug-likeness (QED) is 0.198. The first-order valence-electron chi connectivity index (χ1n) is 14.4. The monoisotopic (exact) mass is 568 g/mol. The first-order valence-corrected chi connectivity index (χ1v) is 15.2. The van der Waals surface area contributed by atoms with E-state index < -0.39 is 0 Å². The van der Waals surface area contributed by atoms with Crippen LogP contribution in [0, 0.1) is 0 Å². The minimum atomic E-state index is 0.885. The van der Waals surface area contributed by atoms with Gasteiger partial charge in [-0.2, -0.15) is 0 Å². The van der Waals surface area contributed by atoms with Crippen LogP contribution in [0.1, 0.15) is 0 Å². The molecule has 0 bridgehead atoms. The van der Waals surface area contributed by atoms with Gasteiger partial charge in [0.15, 0.2) is 0 Å². The summed E-state index contributed by atoms with van der Waals surface area (Å²) in [5.41, 5.74) is 7.16. The Kier molecular flexibility index (Phi) is 5.37. The summed E-state index contributed by atoms with van der Waals surface area (Å²) in [5.74, 6) is 0. The number of thiazole rings is 1. The average molecular weight is 569 g/mol. The highest BCUT2D eigenvalue weighted by molar-refractivity contribution is 7.22. The summed E-state index contributed by atoms with van der Waals surface area (Å²) in [5, 5.41) is 8.16. The highest BCUT2D eigenvalue weighted by Crippen LogP contribution is 2.46. The fourth-order valence-corrected chi connectivity index (χ4v) is 7.50. The van der Waals surface area contributed by atoms with Gasteiger partial charge in [-0.1, -0.05) is 97.1 Å². The molecule has 0 aliphatic rings. The van der Waals surface area contributed by atoms with Gasteiger partial charge in [-0.3, -0.25) is 0 Å². The summed E-state index contributed by atoms with van der Waals surface area (Å²) in [4.78, 5) is 7.68. The SMILES string of the molecule is c1ccc(N(c2ccc3oc4ccccc4c3c2)c2ccccc2-c2nc3c4ccccc4c4ccccc4c3s2)cc1. The van der Waals surface area contributed by atoms with Gasteiger partial charge in [-0.05, 0) is 59.3 Å². The van der Waals surface area contributed by atoms with Crippen molar-refractivity contribution in [2.45, 2.75) is 0 Å². The van der Waals surface area contributed by atoms with E-state index in [0.717, 1.165) is 55.1 Å². The molecule has 202 valence electrons. The normalized spacial score (nSPS) is 11.7. The number of hydrogen-bond donors (Lipinski definition) is 0. The third-order valence-corrected chi connectivity index (χ3v) is 9.40. The minimum Gasteiger partial charge on any atom is -0.456 e. The molecule has 2 heterocycles. The summed E-state index contributed by atoms with van der Waals surface area (Å²) in [6, 6.07) is 51.2. The van der Waals surface area contributed by atoms with Crippen LogP contribution in [0.3, 0.4) is 0 Å². The van der Waals surface area contributed by atoms with E-state index in [2.05, 4.69) is 138 Å². The molecule has 9 aromatic rings. The highest BCUT2D eigenvalue weighted by Gasteiger charge is 2.21. The van der Waals surface area contributed by atoms with Crippen LogP contribution in [0.15, 0.2) is 150 Å². The van der Waals surface area contributed by atoms with Crippen LogP contribution < -0.4 is 4.90 Å². The third kappa shape index (κ3) is 3.77. The molecule has 7 aromatic carbocycles. The zero-order chi connectivity index (χ0) is 28.3. The van der Waals surface area contributed by atoms with Gasteiger partial charge in [0.1, 0.15) is 16.2 Å². The van der Waals surface area contributed by atoms with Gasteiger partial charge in [0.05, 0.1) is 15.9 Å². The molecule has 0 saturated heterocycles. The van der Waals surface area contributed by atoms with Crippen LogP contribution in [0.2, 0.25) is 0 Å². The van der Waals surface area contributed by atoms with E-state index >= 15 is 0 Å². The van der Waals surface area contributed by atoms with Crippen molar-refractivity contribution >= 4 is 82.1 Å². The lowest BCUT2D eigenvalue weighted by atomic mass is 10.0. The Bertz CT molecular complexity index is 2400. The lowest BCUT2D eigenvalue weighted by Crippen LogP contribution is -2.11. The van der Waals surface area contributed by atoms with E-state index in [-0.39, 0.29) is 0 Å². The van der Waals surface area contributed by atoms with Crippen molar-refractivity contribution in [2.75, 3.05) is 4.90 Å². The highest BCUT2D eigenvalue weighted by atomic mass is 32.1. The molecule has 0 amide bonds. The number of para-hydroxylation sites is 3. The fourth-order valence-electron chi connectivity index (χ4n) is 6.35. The number of aromatic nitrogens is 1. The third-order valence-electron chi connectivity index (χ3n) is 8.28. The lowest BCUT2D eigenvalue weighted by Gasteiger charge is -2.27. The van der Waals surface area contributed by atoms with Crippen molar-refractivity contribution in [3.63, 3.8) is 0 Å². The van der Waals surface area contributed by atoms with Gasteiger partial charge in [0.2, 0.25) is 0 Å². The van der Waals surface area contributed by atoms with Gasteiger partial charge in [0, 0.05) is 38.5 Å². The number of benzene rings is 7. The summed E-state index contributed by atoms with van der Waals surface area (Å²) in [6.07, 6.45) is 0. The molecule has 3 nitrogen and oxygen atoms in total. The van der Waals surface area contributed by atoms with Crippen molar-refractivity contribution in [1.29, 1.82) is 0 Å². The molecule has 0 atom stereocenters. The van der Waals surface area contributed by atoms with Crippen LogP contribution in [-0.2, 0) is 0 Å². The second-order valence-corrected chi connectivity index (χ2v) is 11.8. The predicted molar refractivity (Wildman–Crippen MR) is 182 cm³/mol. The van der Waals surface area contributed by atoms with E-state index in [1.807, 2.05) is 12.1 Å². The van der Waals surface area contributed by atoms with Crippen LogP contribution >= 0.6 is 11.3 Å². The maximum atomic E-state index is 6.17. The first kappa shape index (κ1) is 24.2. The number of rotatable bonds is 4. The second-order valence-electron chi connectivity index (χ2n) is 10.8. The number of fused-ring (bicyclic) bond motifs is 9. The van der Waals surface area contributed by atoms with Crippen LogP contribution in [-0.4, -0.2) is 4.98 Å². The van der Waals surface area contributed by atoms with Crippen LogP contribution in [0.4, 0.5) is 17.1 Å². The van der Waals surface area contributed by atoms with Gasteiger partial charge in [-0.15, -0.1) is 11.3 Å².